The van der Waals surface area contributed by atoms with Gasteiger partial charge in [0.25, 0.3) is 5.91 Å². The fourth-order valence-corrected chi connectivity index (χ4v) is 4.44. The number of esters is 1. The first kappa shape index (κ1) is 25.3. The van der Waals surface area contributed by atoms with Gasteiger partial charge in [-0.1, -0.05) is 30.3 Å². The summed E-state index contributed by atoms with van der Waals surface area (Å²) in [5.41, 5.74) is 8.91. The molecule has 1 aliphatic rings. The maximum atomic E-state index is 14.4. The van der Waals surface area contributed by atoms with Crippen LogP contribution in [0.3, 0.4) is 0 Å². The second-order valence-corrected chi connectivity index (χ2v) is 10.3. The van der Waals surface area contributed by atoms with Gasteiger partial charge in [0.15, 0.2) is 11.6 Å². The number of ether oxygens (including phenoxy) is 1. The van der Waals surface area contributed by atoms with Gasteiger partial charge in [-0.3, -0.25) is 9.59 Å². The van der Waals surface area contributed by atoms with Crippen LogP contribution in [0.5, 0.6) is 0 Å². The van der Waals surface area contributed by atoms with E-state index in [0.717, 1.165) is 23.3 Å². The highest BCUT2D eigenvalue weighted by Crippen LogP contribution is 2.32. The van der Waals surface area contributed by atoms with E-state index in [2.05, 4.69) is 9.97 Å². The first-order chi connectivity index (χ1) is 18.0. The summed E-state index contributed by atoms with van der Waals surface area (Å²) in [5.74, 6) is -2.95. The lowest BCUT2D eigenvalue weighted by Gasteiger charge is -2.18. The molecule has 194 valence electrons. The molecule has 0 bridgehead atoms. The molecule has 9 heteroatoms. The number of halogens is 2. The van der Waals surface area contributed by atoms with E-state index in [9.17, 15) is 18.4 Å². The molecule has 1 aromatic heterocycles. The molecule has 0 aliphatic carbocycles. The fourth-order valence-electron chi connectivity index (χ4n) is 4.44. The zero-order chi connectivity index (χ0) is 27.2. The molecule has 0 unspecified atom stereocenters. The van der Waals surface area contributed by atoms with Crippen LogP contribution in [-0.2, 0) is 29.2 Å². The van der Waals surface area contributed by atoms with Crippen LogP contribution in [0.25, 0.3) is 22.0 Å². The number of nitrogen functional groups attached to an aromatic ring is 1. The lowest BCUT2D eigenvalue weighted by atomic mass is 9.96. The highest BCUT2D eigenvalue weighted by atomic mass is 19.2. The van der Waals surface area contributed by atoms with Gasteiger partial charge < -0.3 is 15.4 Å². The molecule has 2 N–H and O–H groups in total. The van der Waals surface area contributed by atoms with Crippen molar-refractivity contribution >= 4 is 28.7 Å². The number of rotatable bonds is 4. The van der Waals surface area contributed by atoms with Crippen LogP contribution in [0.1, 0.15) is 48.0 Å². The Morgan fingerprint density at radius 3 is 2.29 bits per heavy atom. The monoisotopic (exact) mass is 516 g/mol. The summed E-state index contributed by atoms with van der Waals surface area (Å²) in [6, 6.07) is 14.8. The number of benzene rings is 3. The Balaban J connectivity index is 1.55. The minimum atomic E-state index is -1.06. The van der Waals surface area contributed by atoms with Crippen LogP contribution in [0.4, 0.5) is 14.7 Å². The molecule has 2 heterocycles. The maximum absolute atomic E-state index is 14.4. The van der Waals surface area contributed by atoms with Gasteiger partial charge in [0, 0.05) is 24.0 Å². The van der Waals surface area contributed by atoms with Crippen LogP contribution in [0.2, 0.25) is 0 Å². The van der Waals surface area contributed by atoms with E-state index in [1.165, 1.54) is 0 Å². The number of fused-ring (bicyclic) bond motifs is 2. The number of amides is 1. The van der Waals surface area contributed by atoms with Crippen LogP contribution >= 0.6 is 0 Å². The quantitative estimate of drug-likeness (QED) is 0.365. The number of carbonyl (C=O) groups is 2. The average Bonchev–Trinajstić information content (AvgIpc) is 3.31. The highest BCUT2D eigenvalue weighted by molar-refractivity contribution is 6.06. The van der Waals surface area contributed by atoms with Gasteiger partial charge in [-0.15, -0.1) is 0 Å². The first-order valence-corrected chi connectivity index (χ1v) is 12.1. The number of hydrogen-bond donors (Lipinski definition) is 1. The van der Waals surface area contributed by atoms with Crippen molar-refractivity contribution in [1.29, 1.82) is 0 Å². The first-order valence-electron chi connectivity index (χ1n) is 12.1. The molecule has 4 aromatic rings. The third-order valence-electron chi connectivity index (χ3n) is 6.47. The van der Waals surface area contributed by atoms with Gasteiger partial charge in [0.2, 0.25) is 5.95 Å². The Labute approximate surface area is 218 Å². The molecule has 0 saturated carbocycles. The molecule has 1 aliphatic heterocycles. The van der Waals surface area contributed by atoms with E-state index in [1.54, 1.807) is 43.9 Å². The highest BCUT2D eigenvalue weighted by Gasteiger charge is 2.27. The van der Waals surface area contributed by atoms with Crippen molar-refractivity contribution < 1.29 is 23.1 Å². The van der Waals surface area contributed by atoms with E-state index in [4.69, 9.17) is 10.5 Å². The second-order valence-electron chi connectivity index (χ2n) is 10.3. The molecular weight excluding hydrogens is 490 g/mol. The van der Waals surface area contributed by atoms with Gasteiger partial charge in [-0.05, 0) is 67.3 Å². The average molecular weight is 517 g/mol. The zero-order valence-corrected chi connectivity index (χ0v) is 21.2. The third-order valence-corrected chi connectivity index (χ3v) is 6.47. The Morgan fingerprint density at radius 2 is 1.63 bits per heavy atom. The second kappa shape index (κ2) is 9.48. The fraction of sp³-hybridized carbons (Fsp3) is 0.241. The molecule has 0 fully saturated rings. The summed E-state index contributed by atoms with van der Waals surface area (Å²) in [7, 11) is 0. The standard InChI is InChI=1S/C29H26F2N4O3/c1-29(2,3)27(37)38-15-19-11-22(30)23(31)12-20(19)16-8-9-24-21(10-16)25(34-28(32)33-24)26(36)35-13-17-6-4-5-7-18(17)14-35/h4-12H,13-15H2,1-3H3,(H2,32,33,34). The number of nitrogens with zero attached hydrogens (tertiary/aromatic N) is 3. The molecule has 0 spiro atoms. The van der Waals surface area contributed by atoms with Crippen LogP contribution in [-0.4, -0.2) is 26.7 Å². The third kappa shape index (κ3) is 4.79. The van der Waals surface area contributed by atoms with E-state index < -0.39 is 23.0 Å². The van der Waals surface area contributed by atoms with Crippen molar-refractivity contribution in [1.82, 2.24) is 14.9 Å². The Morgan fingerprint density at radius 1 is 0.974 bits per heavy atom. The van der Waals surface area contributed by atoms with Crippen molar-refractivity contribution in [2.75, 3.05) is 5.73 Å². The van der Waals surface area contributed by atoms with Crippen molar-refractivity contribution in [3.05, 3.63) is 88.6 Å². The zero-order valence-electron chi connectivity index (χ0n) is 21.2. The summed E-state index contributed by atoms with van der Waals surface area (Å²) < 4.78 is 33.9. The summed E-state index contributed by atoms with van der Waals surface area (Å²) in [4.78, 5) is 36.1. The lowest BCUT2D eigenvalue weighted by Crippen LogP contribution is -2.27. The Bertz CT molecular complexity index is 1570. The van der Waals surface area contributed by atoms with Crippen molar-refractivity contribution in [2.45, 2.75) is 40.5 Å². The van der Waals surface area contributed by atoms with Crippen molar-refractivity contribution in [2.24, 2.45) is 5.41 Å². The number of anilines is 1. The summed E-state index contributed by atoms with van der Waals surface area (Å²) >= 11 is 0. The molecule has 1 amide bonds. The molecule has 3 aromatic carbocycles. The Kier molecular flexibility index (Phi) is 6.30. The van der Waals surface area contributed by atoms with E-state index in [0.29, 0.717) is 35.1 Å². The number of aromatic nitrogens is 2. The van der Waals surface area contributed by atoms with Crippen molar-refractivity contribution in [3.8, 4) is 11.1 Å². The minimum Gasteiger partial charge on any atom is -0.460 e. The lowest BCUT2D eigenvalue weighted by molar-refractivity contribution is -0.154. The normalized spacial score (nSPS) is 13.0. The van der Waals surface area contributed by atoms with Gasteiger partial charge >= 0.3 is 5.97 Å². The number of carbonyl (C=O) groups excluding carboxylic acids is 2. The summed E-state index contributed by atoms with van der Waals surface area (Å²) in [6.45, 7) is 5.73. The molecule has 7 nitrogen and oxygen atoms in total. The molecular formula is C29H26F2N4O3. The van der Waals surface area contributed by atoms with Crippen LogP contribution < -0.4 is 5.73 Å². The largest absolute Gasteiger partial charge is 0.460 e. The molecule has 38 heavy (non-hydrogen) atoms. The molecule has 0 saturated heterocycles. The number of nitrogens with two attached hydrogens (primary N) is 1. The smallest absolute Gasteiger partial charge is 0.311 e. The predicted octanol–water partition coefficient (Wildman–Crippen LogP) is 5.40. The minimum absolute atomic E-state index is 0.0482. The number of hydrogen-bond acceptors (Lipinski definition) is 6. The summed E-state index contributed by atoms with van der Waals surface area (Å²) in [6.07, 6.45) is 0. The molecule has 0 atom stereocenters. The SMILES string of the molecule is CC(C)(C)C(=O)OCc1cc(F)c(F)cc1-c1ccc2nc(N)nc(C(=O)N3Cc4ccccc4C3)c2c1. The van der Waals surface area contributed by atoms with E-state index in [1.807, 2.05) is 24.3 Å². The maximum Gasteiger partial charge on any atom is 0.311 e. The van der Waals surface area contributed by atoms with Crippen molar-refractivity contribution in [3.63, 3.8) is 0 Å². The Hall–Kier alpha value is -4.40. The van der Waals surface area contributed by atoms with E-state index >= 15 is 0 Å². The predicted molar refractivity (Wildman–Crippen MR) is 139 cm³/mol. The van der Waals surface area contributed by atoms with Gasteiger partial charge in [0.05, 0.1) is 10.9 Å². The van der Waals surface area contributed by atoms with Gasteiger partial charge in [-0.2, -0.15) is 0 Å². The topological polar surface area (TPSA) is 98.4 Å². The molecule has 5 rings (SSSR count). The molecule has 0 radical (unpaired) electrons. The van der Waals surface area contributed by atoms with Crippen LogP contribution in [0.15, 0.2) is 54.6 Å². The summed E-state index contributed by atoms with van der Waals surface area (Å²) in [5, 5.41) is 0.417. The van der Waals surface area contributed by atoms with E-state index in [-0.39, 0.29) is 29.7 Å². The van der Waals surface area contributed by atoms with Gasteiger partial charge in [0.1, 0.15) is 12.3 Å². The van der Waals surface area contributed by atoms with Gasteiger partial charge in [-0.25, -0.2) is 18.7 Å². The van der Waals surface area contributed by atoms with Crippen LogP contribution in [0, 0.1) is 17.0 Å².